The summed E-state index contributed by atoms with van der Waals surface area (Å²) in [5.74, 6) is -1.36. The van der Waals surface area contributed by atoms with Crippen LogP contribution in [0.25, 0.3) is 0 Å². The molecule has 33 heavy (non-hydrogen) atoms. The van der Waals surface area contributed by atoms with Crippen molar-refractivity contribution >= 4 is 43.2 Å². The van der Waals surface area contributed by atoms with E-state index in [2.05, 4.69) is 16.0 Å². The zero-order valence-corrected chi connectivity index (χ0v) is 19.4. The van der Waals surface area contributed by atoms with E-state index in [0.717, 1.165) is 0 Å². The summed E-state index contributed by atoms with van der Waals surface area (Å²) >= 11 is 0. The number of hydrogen-bond acceptors (Lipinski definition) is 6. The fourth-order valence-corrected chi connectivity index (χ4v) is 3.45. The van der Waals surface area contributed by atoms with Gasteiger partial charge in [-0.25, -0.2) is 4.79 Å². The van der Waals surface area contributed by atoms with Crippen LogP contribution in [0.1, 0.15) is 65.2 Å². The summed E-state index contributed by atoms with van der Waals surface area (Å²) in [6.45, 7) is 4.13. The molecule has 2 radical (unpaired) electrons. The van der Waals surface area contributed by atoms with Crippen molar-refractivity contribution in [3.63, 3.8) is 0 Å². The Kier molecular flexibility index (Phi) is 12.2. The van der Waals surface area contributed by atoms with E-state index in [1.54, 1.807) is 13.8 Å². The molecule has 0 bridgehead atoms. The number of primary amides is 1. The lowest BCUT2D eigenvalue weighted by Gasteiger charge is -2.25. The lowest BCUT2D eigenvalue weighted by Crippen LogP contribution is -2.53. The molecule has 0 aromatic rings. The van der Waals surface area contributed by atoms with Gasteiger partial charge in [-0.15, -0.1) is 0 Å². The second-order valence-corrected chi connectivity index (χ2v) is 8.44. The first-order valence-electron chi connectivity index (χ1n) is 11.3. The van der Waals surface area contributed by atoms with Gasteiger partial charge < -0.3 is 26.5 Å². The summed E-state index contributed by atoms with van der Waals surface area (Å²) in [4.78, 5) is 71.8. The molecule has 11 nitrogen and oxygen atoms in total. The van der Waals surface area contributed by atoms with Crippen LogP contribution < -0.4 is 21.7 Å². The SMILES string of the molecule is [B]C(=O)[C@H](CCCNC(N)=O)NC(=O)C(NC(=O)CCCCCN1C(=O)CCC1=O)C(C)C. The van der Waals surface area contributed by atoms with Crippen molar-refractivity contribution in [2.45, 2.75) is 77.3 Å². The highest BCUT2D eigenvalue weighted by Crippen LogP contribution is 2.13. The lowest BCUT2D eigenvalue weighted by atomic mass is 9.91. The van der Waals surface area contributed by atoms with Gasteiger partial charge in [0.1, 0.15) is 6.04 Å². The number of amides is 6. The van der Waals surface area contributed by atoms with Crippen LogP contribution in [0, 0.1) is 5.92 Å². The number of nitrogens with two attached hydrogens (primary N) is 1. The molecule has 182 valence electrons. The van der Waals surface area contributed by atoms with Gasteiger partial charge in [-0.2, -0.15) is 0 Å². The molecule has 1 unspecified atom stereocenters. The van der Waals surface area contributed by atoms with Crippen LogP contribution in [0.4, 0.5) is 4.79 Å². The molecule has 1 aliphatic heterocycles. The number of nitrogens with zero attached hydrogens (tertiary/aromatic N) is 1. The molecule has 0 saturated carbocycles. The third kappa shape index (κ3) is 10.5. The Bertz CT molecular complexity index is 729. The molecule has 12 heteroatoms. The smallest absolute Gasteiger partial charge is 0.312 e. The maximum Gasteiger partial charge on any atom is 0.312 e. The minimum Gasteiger partial charge on any atom is -0.352 e. The van der Waals surface area contributed by atoms with E-state index in [9.17, 15) is 28.8 Å². The molecule has 5 N–H and O–H groups in total. The number of imide groups is 1. The van der Waals surface area contributed by atoms with E-state index in [-0.39, 0.29) is 55.9 Å². The zero-order chi connectivity index (χ0) is 25.0. The Morgan fingerprint density at radius 1 is 1.00 bits per heavy atom. The Hall–Kier alpha value is -2.92. The summed E-state index contributed by atoms with van der Waals surface area (Å²) in [6.07, 6.45) is 3.13. The van der Waals surface area contributed by atoms with Crippen molar-refractivity contribution in [3.8, 4) is 0 Å². The number of urea groups is 1. The molecule has 1 rings (SSSR count). The van der Waals surface area contributed by atoms with Gasteiger partial charge in [-0.3, -0.25) is 24.1 Å². The summed E-state index contributed by atoms with van der Waals surface area (Å²) in [5.41, 5.74) is 4.26. The molecule has 1 fully saturated rings. The molecule has 6 amide bonds. The Morgan fingerprint density at radius 2 is 1.64 bits per heavy atom. The van der Waals surface area contributed by atoms with E-state index in [1.807, 2.05) is 0 Å². The van der Waals surface area contributed by atoms with Gasteiger partial charge in [0.05, 0.1) is 11.7 Å². The van der Waals surface area contributed by atoms with Crippen molar-refractivity contribution in [3.05, 3.63) is 0 Å². The number of carbonyl (C=O) groups excluding carboxylic acids is 6. The summed E-state index contributed by atoms with van der Waals surface area (Å²) < 4.78 is 0. The molecule has 0 aromatic heterocycles. The Balaban J connectivity index is 2.42. The fourth-order valence-electron chi connectivity index (χ4n) is 3.45. The molecule has 1 saturated heterocycles. The largest absolute Gasteiger partial charge is 0.352 e. The molecule has 2 atom stereocenters. The van der Waals surface area contributed by atoms with Crippen molar-refractivity contribution in [2.24, 2.45) is 11.7 Å². The van der Waals surface area contributed by atoms with Crippen molar-refractivity contribution in [1.82, 2.24) is 20.9 Å². The van der Waals surface area contributed by atoms with Gasteiger partial charge in [0, 0.05) is 32.4 Å². The average Bonchev–Trinajstić information content (AvgIpc) is 3.05. The van der Waals surface area contributed by atoms with E-state index in [0.29, 0.717) is 32.2 Å². The first-order valence-corrected chi connectivity index (χ1v) is 11.3. The Morgan fingerprint density at radius 3 is 2.18 bits per heavy atom. The topological polar surface area (TPSA) is 168 Å². The predicted molar refractivity (Wildman–Crippen MR) is 121 cm³/mol. The number of likely N-dealkylation sites (tertiary alicyclic amines) is 1. The van der Waals surface area contributed by atoms with Crippen LogP contribution in [-0.4, -0.2) is 73.3 Å². The lowest BCUT2D eigenvalue weighted by molar-refractivity contribution is -0.138. The summed E-state index contributed by atoms with van der Waals surface area (Å²) in [7, 11) is 5.36. The van der Waals surface area contributed by atoms with E-state index in [1.165, 1.54) is 4.90 Å². The normalized spacial score (nSPS) is 15.3. The van der Waals surface area contributed by atoms with Crippen molar-refractivity contribution < 1.29 is 28.8 Å². The second-order valence-electron chi connectivity index (χ2n) is 8.44. The number of carbonyl (C=O) groups is 6. The predicted octanol–water partition coefficient (Wildman–Crippen LogP) is -0.535. The highest BCUT2D eigenvalue weighted by atomic mass is 16.2. The van der Waals surface area contributed by atoms with Gasteiger partial charge in [0.25, 0.3) is 0 Å². The van der Waals surface area contributed by atoms with Crippen LogP contribution in [0.15, 0.2) is 0 Å². The molecular formula is C21H34BN5O6. The quantitative estimate of drug-likeness (QED) is 0.145. The van der Waals surface area contributed by atoms with Crippen molar-refractivity contribution in [2.75, 3.05) is 13.1 Å². The molecule has 0 aromatic carbocycles. The van der Waals surface area contributed by atoms with Crippen LogP contribution >= 0.6 is 0 Å². The van der Waals surface area contributed by atoms with Gasteiger partial charge >= 0.3 is 6.03 Å². The number of unbranched alkanes of at least 4 members (excludes halogenated alkanes) is 2. The minimum absolute atomic E-state index is 0.151. The number of rotatable bonds is 15. The van der Waals surface area contributed by atoms with Crippen LogP contribution in [0.2, 0.25) is 0 Å². The van der Waals surface area contributed by atoms with Gasteiger partial charge in [-0.1, -0.05) is 20.3 Å². The standard InChI is InChI=1S/C21H34BN5O6/c1-13(2)18(20(32)25-14(19(22)31)7-6-11-24-21(23)33)26-15(28)8-4-3-5-12-27-16(29)9-10-17(27)30/h13-14,18H,3-12H2,1-2H3,(H,25,32)(H,26,28)(H3,23,24,33)/t14-,18?/m0/s1. The van der Waals surface area contributed by atoms with E-state index < -0.39 is 29.7 Å². The van der Waals surface area contributed by atoms with Gasteiger partial charge in [0.15, 0.2) is 7.85 Å². The molecule has 0 aliphatic carbocycles. The maximum atomic E-state index is 12.7. The molecule has 0 spiro atoms. The van der Waals surface area contributed by atoms with Crippen LogP contribution in [0.5, 0.6) is 0 Å². The number of nitrogens with one attached hydrogen (secondary N) is 3. The minimum atomic E-state index is -0.943. The monoisotopic (exact) mass is 463 g/mol. The van der Waals surface area contributed by atoms with Crippen LogP contribution in [0.3, 0.4) is 0 Å². The third-order valence-corrected chi connectivity index (χ3v) is 5.33. The zero-order valence-electron chi connectivity index (χ0n) is 19.4. The highest BCUT2D eigenvalue weighted by Gasteiger charge is 2.28. The van der Waals surface area contributed by atoms with Gasteiger partial charge in [-0.05, 0) is 31.6 Å². The molecular weight excluding hydrogens is 429 g/mol. The first-order chi connectivity index (χ1) is 15.5. The average molecular weight is 463 g/mol. The van der Waals surface area contributed by atoms with Gasteiger partial charge in [0.2, 0.25) is 23.6 Å². The summed E-state index contributed by atoms with van der Waals surface area (Å²) in [6, 6.07) is -2.47. The third-order valence-electron chi connectivity index (χ3n) is 5.33. The van der Waals surface area contributed by atoms with E-state index >= 15 is 0 Å². The van der Waals surface area contributed by atoms with Crippen LogP contribution in [-0.2, 0) is 24.0 Å². The van der Waals surface area contributed by atoms with Crippen molar-refractivity contribution in [1.29, 1.82) is 0 Å². The first kappa shape index (κ1) is 28.1. The fraction of sp³-hybridized carbons (Fsp3) is 0.714. The highest BCUT2D eigenvalue weighted by molar-refractivity contribution is 6.59. The number of hydrogen-bond donors (Lipinski definition) is 4. The van der Waals surface area contributed by atoms with E-state index in [4.69, 9.17) is 13.6 Å². The second kappa shape index (κ2) is 14.3. The maximum absolute atomic E-state index is 12.7. The molecule has 1 aliphatic rings. The Labute approximate surface area is 195 Å². The molecule has 1 heterocycles. The summed E-state index contributed by atoms with van der Waals surface area (Å²) in [5, 5.41) is 7.65.